The number of amides is 1. The van der Waals surface area contributed by atoms with Gasteiger partial charge in [-0.2, -0.15) is 0 Å². The molecule has 1 aromatic rings. The van der Waals surface area contributed by atoms with Gasteiger partial charge in [-0.05, 0) is 53.0 Å². The number of para-hydroxylation sites is 1. The lowest BCUT2D eigenvalue weighted by atomic mass is 10.1. The summed E-state index contributed by atoms with van der Waals surface area (Å²) in [5.41, 5.74) is 0.303. The van der Waals surface area contributed by atoms with Gasteiger partial charge in [0.25, 0.3) is 5.69 Å². The number of rotatable bonds is 8. The van der Waals surface area contributed by atoms with Crippen LogP contribution >= 0.6 is 0 Å². The highest BCUT2D eigenvalue weighted by Gasteiger charge is 2.18. The molecule has 0 aliphatic carbocycles. The second-order valence-corrected chi connectivity index (χ2v) is 7.07. The van der Waals surface area contributed by atoms with Gasteiger partial charge in [-0.1, -0.05) is 12.0 Å². The van der Waals surface area contributed by atoms with Crippen LogP contribution in [-0.2, 0) is 4.74 Å². The van der Waals surface area contributed by atoms with E-state index in [0.29, 0.717) is 17.8 Å². The summed E-state index contributed by atoms with van der Waals surface area (Å²) in [7, 11) is 0. The average molecular weight is 361 g/mol. The first-order chi connectivity index (χ1) is 12.1. The van der Waals surface area contributed by atoms with Crippen LogP contribution in [0, 0.1) is 22.5 Å². The number of nitro benzene ring substituents is 1. The molecule has 26 heavy (non-hydrogen) atoms. The van der Waals surface area contributed by atoms with E-state index in [9.17, 15) is 14.9 Å². The fourth-order valence-electron chi connectivity index (χ4n) is 2.36. The van der Waals surface area contributed by atoms with E-state index >= 15 is 0 Å². The molecule has 1 amide bonds. The number of nitrogens with zero attached hydrogens (tertiary/aromatic N) is 1. The van der Waals surface area contributed by atoms with Crippen molar-refractivity contribution >= 4 is 17.5 Å². The summed E-state index contributed by atoms with van der Waals surface area (Å²) in [6, 6.07) is 4.68. The van der Waals surface area contributed by atoms with Crippen LogP contribution in [0.3, 0.4) is 0 Å². The van der Waals surface area contributed by atoms with Crippen LogP contribution in [0.2, 0.25) is 0 Å². The van der Waals surface area contributed by atoms with Crippen LogP contribution in [-0.4, -0.2) is 29.2 Å². The normalized spacial score (nSPS) is 12.0. The number of anilines is 1. The zero-order valence-electron chi connectivity index (χ0n) is 15.8. The number of terminal acetylenes is 1. The van der Waals surface area contributed by atoms with E-state index in [0.717, 1.165) is 19.3 Å². The molecule has 0 spiro atoms. The van der Waals surface area contributed by atoms with Crippen LogP contribution in [0.4, 0.5) is 16.2 Å². The lowest BCUT2D eigenvalue weighted by Crippen LogP contribution is -2.33. The van der Waals surface area contributed by atoms with Crippen molar-refractivity contribution < 1.29 is 14.5 Å². The maximum absolute atomic E-state index is 11.5. The molecule has 1 atom stereocenters. The van der Waals surface area contributed by atoms with Crippen LogP contribution in [0.1, 0.15) is 52.5 Å². The highest BCUT2D eigenvalue weighted by atomic mass is 16.6. The van der Waals surface area contributed by atoms with Crippen LogP contribution in [0.15, 0.2) is 18.2 Å². The number of nitrogens with one attached hydrogen (secondary N) is 2. The topological polar surface area (TPSA) is 93.5 Å². The minimum absolute atomic E-state index is 0.00438. The van der Waals surface area contributed by atoms with Crippen molar-refractivity contribution in [3.05, 3.63) is 33.9 Å². The van der Waals surface area contributed by atoms with E-state index < -0.39 is 16.6 Å². The molecular weight excluding hydrogens is 334 g/mol. The fraction of sp³-hybridized carbons (Fsp3) is 0.526. The minimum atomic E-state index is -0.512. The standard InChI is InChI=1S/C19H27N3O4/c1-6-15-11-9-12-16(22(24)25)17(15)21-14(2)10-7-8-13-20-18(23)26-19(3,4)5/h1,9,11-12,14,21H,7-8,10,13H2,2-5H3,(H,20,23). The molecule has 7 heteroatoms. The summed E-state index contributed by atoms with van der Waals surface area (Å²) in [5, 5.41) is 17.0. The number of carbonyl (C=O) groups excluding carboxylic acids is 1. The molecule has 0 aliphatic heterocycles. The quantitative estimate of drug-likeness (QED) is 0.315. The number of hydrogen-bond donors (Lipinski definition) is 2. The molecule has 1 unspecified atom stereocenters. The van der Waals surface area contributed by atoms with E-state index in [2.05, 4.69) is 16.6 Å². The van der Waals surface area contributed by atoms with Gasteiger partial charge in [-0.3, -0.25) is 10.1 Å². The minimum Gasteiger partial charge on any atom is -0.444 e. The van der Waals surface area contributed by atoms with Gasteiger partial charge in [0.05, 0.1) is 10.5 Å². The Morgan fingerprint density at radius 1 is 1.38 bits per heavy atom. The predicted molar refractivity (Wildman–Crippen MR) is 102 cm³/mol. The SMILES string of the molecule is C#Cc1cccc([N+](=O)[O-])c1NC(C)CCCCNC(=O)OC(C)(C)C. The maximum Gasteiger partial charge on any atom is 0.407 e. The molecular formula is C19H27N3O4. The van der Waals surface area contributed by atoms with Crippen molar-refractivity contribution in [3.63, 3.8) is 0 Å². The van der Waals surface area contributed by atoms with E-state index in [1.165, 1.54) is 6.07 Å². The van der Waals surface area contributed by atoms with Crippen molar-refractivity contribution in [1.29, 1.82) is 0 Å². The number of carbonyl (C=O) groups is 1. The molecule has 7 nitrogen and oxygen atoms in total. The Labute approximate surface area is 154 Å². The van der Waals surface area contributed by atoms with Gasteiger partial charge in [0.2, 0.25) is 0 Å². The van der Waals surface area contributed by atoms with E-state index in [-0.39, 0.29) is 11.7 Å². The van der Waals surface area contributed by atoms with Gasteiger partial charge in [0.1, 0.15) is 11.3 Å². The van der Waals surface area contributed by atoms with Gasteiger partial charge in [-0.15, -0.1) is 6.42 Å². The molecule has 0 bridgehead atoms. The van der Waals surface area contributed by atoms with Crippen molar-refractivity contribution in [2.45, 2.75) is 58.6 Å². The number of nitro groups is 1. The molecule has 0 fully saturated rings. The number of unbranched alkanes of at least 4 members (excludes halogenated alkanes) is 1. The number of hydrogen-bond acceptors (Lipinski definition) is 5. The van der Waals surface area contributed by atoms with Gasteiger partial charge in [0.15, 0.2) is 0 Å². The number of alkyl carbamates (subject to hydrolysis) is 1. The van der Waals surface area contributed by atoms with Crippen LogP contribution in [0.5, 0.6) is 0 Å². The van der Waals surface area contributed by atoms with E-state index in [1.807, 2.05) is 27.7 Å². The summed E-state index contributed by atoms with van der Waals surface area (Å²) in [4.78, 5) is 22.3. The van der Waals surface area contributed by atoms with Crippen LogP contribution < -0.4 is 10.6 Å². The van der Waals surface area contributed by atoms with Gasteiger partial charge in [-0.25, -0.2) is 4.79 Å². The number of ether oxygens (including phenoxy) is 1. The van der Waals surface area contributed by atoms with E-state index in [1.54, 1.807) is 12.1 Å². The lowest BCUT2D eigenvalue weighted by molar-refractivity contribution is -0.384. The monoisotopic (exact) mass is 361 g/mol. The second-order valence-electron chi connectivity index (χ2n) is 7.07. The Morgan fingerprint density at radius 3 is 2.65 bits per heavy atom. The summed E-state index contributed by atoms with van der Waals surface area (Å²) >= 11 is 0. The fourth-order valence-corrected chi connectivity index (χ4v) is 2.36. The number of benzene rings is 1. The second kappa shape index (κ2) is 9.66. The Balaban J connectivity index is 2.44. The molecule has 2 N–H and O–H groups in total. The molecule has 1 rings (SSSR count). The summed E-state index contributed by atoms with van der Waals surface area (Å²) in [6.45, 7) is 7.90. The Bertz CT molecular complexity index is 674. The molecule has 142 valence electrons. The molecule has 0 saturated carbocycles. The first kappa shape index (κ1) is 21.3. The summed E-state index contributed by atoms with van der Waals surface area (Å²) in [6.07, 6.45) is 7.42. The lowest BCUT2D eigenvalue weighted by Gasteiger charge is -2.20. The Morgan fingerprint density at radius 2 is 2.08 bits per heavy atom. The molecule has 0 aromatic heterocycles. The summed E-state index contributed by atoms with van der Waals surface area (Å²) < 4.78 is 5.16. The summed E-state index contributed by atoms with van der Waals surface area (Å²) in [5.74, 6) is 2.48. The zero-order chi connectivity index (χ0) is 19.7. The van der Waals surface area contributed by atoms with E-state index in [4.69, 9.17) is 11.2 Å². The van der Waals surface area contributed by atoms with Gasteiger partial charge >= 0.3 is 6.09 Å². The average Bonchev–Trinajstić information content (AvgIpc) is 2.52. The highest BCUT2D eigenvalue weighted by molar-refractivity contribution is 5.71. The first-order valence-corrected chi connectivity index (χ1v) is 8.61. The van der Waals surface area contributed by atoms with Crippen molar-refractivity contribution in [1.82, 2.24) is 5.32 Å². The molecule has 1 aromatic carbocycles. The largest absolute Gasteiger partial charge is 0.444 e. The molecule has 0 saturated heterocycles. The van der Waals surface area contributed by atoms with Gasteiger partial charge < -0.3 is 15.4 Å². The van der Waals surface area contributed by atoms with Crippen molar-refractivity contribution in [2.24, 2.45) is 0 Å². The Hall–Kier alpha value is -2.75. The molecule has 0 aliphatic rings. The first-order valence-electron chi connectivity index (χ1n) is 8.61. The highest BCUT2D eigenvalue weighted by Crippen LogP contribution is 2.28. The maximum atomic E-state index is 11.5. The van der Waals surface area contributed by atoms with Crippen molar-refractivity contribution in [2.75, 3.05) is 11.9 Å². The smallest absolute Gasteiger partial charge is 0.407 e. The Kier molecular flexibility index (Phi) is 7.91. The van der Waals surface area contributed by atoms with Crippen molar-refractivity contribution in [3.8, 4) is 12.3 Å². The third kappa shape index (κ3) is 7.43. The zero-order valence-corrected chi connectivity index (χ0v) is 15.8. The molecule has 0 heterocycles. The third-order valence-corrected chi connectivity index (χ3v) is 3.52. The van der Waals surface area contributed by atoms with Gasteiger partial charge in [0, 0.05) is 18.7 Å². The molecule has 0 radical (unpaired) electrons. The third-order valence-electron chi connectivity index (χ3n) is 3.52. The van der Waals surface area contributed by atoms with Crippen LogP contribution in [0.25, 0.3) is 0 Å². The predicted octanol–water partition coefficient (Wildman–Crippen LogP) is 4.07.